The van der Waals surface area contributed by atoms with Crippen LogP contribution < -0.4 is 0 Å². The molecule has 0 spiro atoms. The quantitative estimate of drug-likeness (QED) is 0.604. The summed E-state index contributed by atoms with van der Waals surface area (Å²) < 4.78 is 5.35. The largest absolute Gasteiger partial charge is 0.465 e. The van der Waals surface area contributed by atoms with Gasteiger partial charge in [0.25, 0.3) is 0 Å². The molecule has 0 atom stereocenters. The third-order valence-corrected chi connectivity index (χ3v) is 3.30. The molecule has 1 rings (SSSR count). The molecular weight excluding hydrogens is 335 g/mol. The average Bonchev–Trinajstić information content (AvgIpc) is 2.19. The number of methoxy groups -OCH3 is 1. The van der Waals surface area contributed by atoms with Crippen LogP contribution in [0.2, 0.25) is 5.02 Å². The number of alkyl halides is 1. The maximum Gasteiger partial charge on any atom is 0.339 e. The third kappa shape index (κ3) is 2.30. The molecular formula is C9H7Br2ClO2. The molecule has 0 aliphatic carbocycles. The number of rotatable bonds is 2. The van der Waals surface area contributed by atoms with Crippen LogP contribution in [0, 0.1) is 0 Å². The van der Waals surface area contributed by atoms with E-state index >= 15 is 0 Å². The van der Waals surface area contributed by atoms with E-state index < -0.39 is 5.97 Å². The van der Waals surface area contributed by atoms with Crippen molar-refractivity contribution in [3.05, 3.63) is 32.8 Å². The summed E-state index contributed by atoms with van der Waals surface area (Å²) in [6.07, 6.45) is 0. The molecule has 0 heterocycles. The van der Waals surface area contributed by atoms with Crippen LogP contribution in [0.1, 0.15) is 15.9 Å². The van der Waals surface area contributed by atoms with Crippen LogP contribution in [0.5, 0.6) is 0 Å². The van der Waals surface area contributed by atoms with Crippen LogP contribution >= 0.6 is 43.5 Å². The van der Waals surface area contributed by atoms with Gasteiger partial charge in [0.1, 0.15) is 0 Å². The van der Waals surface area contributed by atoms with E-state index in [0.717, 1.165) is 5.56 Å². The van der Waals surface area contributed by atoms with E-state index in [0.29, 0.717) is 20.4 Å². The van der Waals surface area contributed by atoms with Crippen molar-refractivity contribution in [3.63, 3.8) is 0 Å². The Balaban J connectivity index is 3.37. The first-order valence-corrected chi connectivity index (χ1v) is 6.02. The van der Waals surface area contributed by atoms with Crippen LogP contribution in [0.25, 0.3) is 0 Å². The first kappa shape index (κ1) is 12.0. The van der Waals surface area contributed by atoms with Crippen LogP contribution in [-0.2, 0) is 10.1 Å². The Morgan fingerprint density at radius 2 is 2.21 bits per heavy atom. The van der Waals surface area contributed by atoms with E-state index in [2.05, 4.69) is 36.6 Å². The number of hydrogen-bond donors (Lipinski definition) is 0. The molecule has 0 saturated heterocycles. The monoisotopic (exact) mass is 340 g/mol. The summed E-state index contributed by atoms with van der Waals surface area (Å²) in [6.45, 7) is 0. The molecule has 0 N–H and O–H groups in total. The summed E-state index contributed by atoms with van der Waals surface area (Å²) in [7, 11) is 1.34. The molecule has 0 bridgehead atoms. The molecule has 0 aliphatic heterocycles. The first-order valence-electron chi connectivity index (χ1n) is 3.73. The highest BCUT2D eigenvalue weighted by Crippen LogP contribution is 2.29. The smallest absolute Gasteiger partial charge is 0.339 e. The molecule has 0 amide bonds. The molecule has 0 radical (unpaired) electrons. The highest BCUT2D eigenvalue weighted by atomic mass is 79.9. The molecule has 76 valence electrons. The number of carbonyl (C=O) groups is 1. The molecule has 0 unspecified atom stereocenters. The van der Waals surface area contributed by atoms with Crippen molar-refractivity contribution < 1.29 is 9.53 Å². The molecule has 14 heavy (non-hydrogen) atoms. The number of hydrogen-bond acceptors (Lipinski definition) is 2. The van der Waals surface area contributed by atoms with Crippen LogP contribution in [0.4, 0.5) is 0 Å². The predicted molar refractivity (Wildman–Crippen MR) is 63.1 cm³/mol. The van der Waals surface area contributed by atoms with Gasteiger partial charge in [0, 0.05) is 14.8 Å². The molecule has 1 aromatic carbocycles. The maximum absolute atomic E-state index is 11.4. The van der Waals surface area contributed by atoms with Gasteiger partial charge in [-0.1, -0.05) is 27.5 Å². The number of carbonyl (C=O) groups excluding carboxylic acids is 1. The predicted octanol–water partition coefficient (Wildman–Crippen LogP) is 3.78. The Bertz CT molecular complexity index is 366. The van der Waals surface area contributed by atoms with Gasteiger partial charge in [0.05, 0.1) is 12.7 Å². The Morgan fingerprint density at radius 3 is 2.71 bits per heavy atom. The van der Waals surface area contributed by atoms with Crippen molar-refractivity contribution >= 4 is 49.4 Å². The van der Waals surface area contributed by atoms with Crippen molar-refractivity contribution in [2.75, 3.05) is 7.11 Å². The fourth-order valence-corrected chi connectivity index (χ4v) is 2.55. The highest BCUT2D eigenvalue weighted by molar-refractivity contribution is 9.10. The van der Waals surface area contributed by atoms with E-state index in [1.54, 1.807) is 12.1 Å². The average molecular weight is 342 g/mol. The summed E-state index contributed by atoms with van der Waals surface area (Å²) in [5, 5.41) is 1.06. The molecule has 1 aromatic rings. The second kappa shape index (κ2) is 5.14. The van der Waals surface area contributed by atoms with E-state index in [1.165, 1.54) is 7.11 Å². The van der Waals surface area contributed by atoms with Gasteiger partial charge < -0.3 is 4.74 Å². The van der Waals surface area contributed by atoms with E-state index in [1.807, 2.05) is 0 Å². The van der Waals surface area contributed by atoms with Crippen molar-refractivity contribution in [1.82, 2.24) is 0 Å². The van der Waals surface area contributed by atoms with Crippen LogP contribution in [0.15, 0.2) is 16.6 Å². The zero-order valence-electron chi connectivity index (χ0n) is 7.31. The van der Waals surface area contributed by atoms with Gasteiger partial charge >= 0.3 is 5.97 Å². The minimum absolute atomic E-state index is 0.395. The Labute approximate surface area is 104 Å². The van der Waals surface area contributed by atoms with Crippen molar-refractivity contribution in [3.8, 4) is 0 Å². The zero-order chi connectivity index (χ0) is 10.7. The van der Waals surface area contributed by atoms with Gasteiger partial charge in [-0.15, -0.1) is 0 Å². The SMILES string of the molecule is COC(=O)c1c(Br)ccc(Cl)c1CBr. The lowest BCUT2D eigenvalue weighted by Gasteiger charge is -2.09. The molecule has 0 aromatic heterocycles. The van der Waals surface area contributed by atoms with E-state index in [4.69, 9.17) is 11.6 Å². The summed E-state index contributed by atoms with van der Waals surface area (Å²) in [4.78, 5) is 11.4. The number of esters is 1. The fourth-order valence-electron chi connectivity index (χ4n) is 1.05. The number of benzene rings is 1. The molecule has 0 saturated carbocycles. The Hall–Kier alpha value is -0.0600. The minimum atomic E-state index is -0.395. The molecule has 0 fully saturated rings. The summed E-state index contributed by atoms with van der Waals surface area (Å²) >= 11 is 12.5. The topological polar surface area (TPSA) is 26.3 Å². The number of ether oxygens (including phenoxy) is 1. The van der Waals surface area contributed by atoms with Gasteiger partial charge in [-0.3, -0.25) is 0 Å². The molecule has 2 nitrogen and oxygen atoms in total. The van der Waals surface area contributed by atoms with Gasteiger partial charge in [0.15, 0.2) is 0 Å². The van der Waals surface area contributed by atoms with Gasteiger partial charge in [-0.2, -0.15) is 0 Å². The summed E-state index contributed by atoms with van der Waals surface area (Å²) in [5.41, 5.74) is 1.20. The van der Waals surface area contributed by atoms with Crippen LogP contribution in [-0.4, -0.2) is 13.1 Å². The third-order valence-electron chi connectivity index (χ3n) is 1.73. The van der Waals surface area contributed by atoms with Crippen molar-refractivity contribution in [2.45, 2.75) is 5.33 Å². The summed E-state index contributed by atoms with van der Waals surface area (Å²) in [6, 6.07) is 3.45. The Kier molecular flexibility index (Phi) is 4.41. The van der Waals surface area contributed by atoms with Crippen molar-refractivity contribution in [1.29, 1.82) is 0 Å². The lowest BCUT2D eigenvalue weighted by Crippen LogP contribution is -2.06. The van der Waals surface area contributed by atoms with E-state index in [-0.39, 0.29) is 0 Å². The molecule has 0 aliphatic rings. The fraction of sp³-hybridized carbons (Fsp3) is 0.222. The number of halogens is 3. The second-order valence-electron chi connectivity index (χ2n) is 2.51. The Morgan fingerprint density at radius 1 is 1.57 bits per heavy atom. The van der Waals surface area contributed by atoms with E-state index in [9.17, 15) is 4.79 Å². The minimum Gasteiger partial charge on any atom is -0.465 e. The second-order valence-corrected chi connectivity index (χ2v) is 4.33. The first-order chi connectivity index (χ1) is 6.61. The van der Waals surface area contributed by atoms with Gasteiger partial charge in [-0.05, 0) is 33.6 Å². The van der Waals surface area contributed by atoms with Crippen molar-refractivity contribution in [2.24, 2.45) is 0 Å². The lowest BCUT2D eigenvalue weighted by molar-refractivity contribution is 0.0599. The zero-order valence-corrected chi connectivity index (χ0v) is 11.2. The standard InChI is InChI=1S/C9H7Br2ClO2/c1-14-9(13)8-5(4-10)7(12)3-2-6(8)11/h2-3H,4H2,1H3. The lowest BCUT2D eigenvalue weighted by atomic mass is 10.1. The van der Waals surface area contributed by atoms with Crippen LogP contribution in [0.3, 0.4) is 0 Å². The van der Waals surface area contributed by atoms with Gasteiger partial charge in [-0.25, -0.2) is 4.79 Å². The normalized spacial score (nSPS) is 10.0. The highest BCUT2D eigenvalue weighted by Gasteiger charge is 2.17. The van der Waals surface area contributed by atoms with Gasteiger partial charge in [0.2, 0.25) is 0 Å². The maximum atomic E-state index is 11.4. The molecule has 5 heteroatoms. The summed E-state index contributed by atoms with van der Waals surface area (Å²) in [5.74, 6) is -0.395.